The van der Waals surface area contributed by atoms with E-state index in [4.69, 9.17) is 21.5 Å². The third-order valence-electron chi connectivity index (χ3n) is 5.36. The van der Waals surface area contributed by atoms with Crippen LogP contribution >= 0.6 is 11.6 Å². The zero-order chi connectivity index (χ0) is 22.9. The van der Waals surface area contributed by atoms with Crippen molar-refractivity contribution in [2.24, 2.45) is 5.14 Å². The van der Waals surface area contributed by atoms with Crippen molar-refractivity contribution in [3.8, 4) is 11.5 Å². The van der Waals surface area contributed by atoms with Crippen LogP contribution in [0.2, 0.25) is 5.02 Å². The topological polar surface area (TPSA) is 89.7 Å². The van der Waals surface area contributed by atoms with E-state index in [1.54, 1.807) is 35.2 Å². The Bertz CT molecular complexity index is 1270. The lowest BCUT2D eigenvalue weighted by Gasteiger charge is -2.19. The minimum absolute atomic E-state index is 0.000284. The highest BCUT2D eigenvalue weighted by atomic mass is 35.5. The summed E-state index contributed by atoms with van der Waals surface area (Å²) in [7, 11) is -3.79. The van der Waals surface area contributed by atoms with E-state index < -0.39 is 10.0 Å². The fourth-order valence-electron chi connectivity index (χ4n) is 3.71. The minimum Gasteiger partial charge on any atom is -0.457 e. The van der Waals surface area contributed by atoms with Crippen molar-refractivity contribution in [1.82, 2.24) is 0 Å². The first kappa shape index (κ1) is 22.1. The molecule has 1 heterocycles. The van der Waals surface area contributed by atoms with Crippen LogP contribution in [0, 0.1) is 0 Å². The Labute approximate surface area is 191 Å². The molecule has 1 atom stereocenters. The number of primary sulfonamides is 1. The number of hydrogen-bond donors (Lipinski definition) is 1. The van der Waals surface area contributed by atoms with Crippen molar-refractivity contribution < 1.29 is 17.9 Å². The smallest absolute Gasteiger partial charge is 0.238 e. The first-order valence-electron chi connectivity index (χ1n) is 9.87. The summed E-state index contributed by atoms with van der Waals surface area (Å²) < 4.78 is 29.1. The quantitative estimate of drug-likeness (QED) is 0.554. The maximum absolute atomic E-state index is 12.8. The van der Waals surface area contributed by atoms with E-state index in [0.717, 1.165) is 11.1 Å². The van der Waals surface area contributed by atoms with Crippen LogP contribution in [0.4, 0.5) is 5.69 Å². The van der Waals surface area contributed by atoms with E-state index in [9.17, 15) is 13.2 Å². The van der Waals surface area contributed by atoms with Gasteiger partial charge in [0.25, 0.3) is 0 Å². The Hall–Kier alpha value is -3.13. The molecule has 0 unspecified atom stereocenters. The van der Waals surface area contributed by atoms with Gasteiger partial charge in [0.15, 0.2) is 0 Å². The summed E-state index contributed by atoms with van der Waals surface area (Å²) in [6.07, 6.45) is 2.05. The van der Waals surface area contributed by atoms with E-state index in [0.29, 0.717) is 35.2 Å². The average Bonchev–Trinajstić information content (AvgIpc) is 3.15. The van der Waals surface area contributed by atoms with E-state index in [1.165, 1.54) is 12.1 Å². The minimum atomic E-state index is -3.79. The van der Waals surface area contributed by atoms with Gasteiger partial charge in [0.05, 0.1) is 4.90 Å². The van der Waals surface area contributed by atoms with Gasteiger partial charge in [0.2, 0.25) is 15.9 Å². The van der Waals surface area contributed by atoms with Crippen LogP contribution < -0.4 is 14.8 Å². The largest absolute Gasteiger partial charge is 0.457 e. The molecule has 1 aliphatic heterocycles. The highest BCUT2D eigenvalue weighted by molar-refractivity contribution is 7.89. The molecule has 3 aromatic carbocycles. The van der Waals surface area contributed by atoms with Crippen molar-refractivity contribution in [3.05, 3.63) is 89.5 Å². The first-order valence-corrected chi connectivity index (χ1v) is 11.8. The van der Waals surface area contributed by atoms with Gasteiger partial charge in [0.1, 0.15) is 11.5 Å². The number of sulfonamides is 1. The summed E-state index contributed by atoms with van der Waals surface area (Å²) in [4.78, 5) is 14.4. The van der Waals surface area contributed by atoms with Gasteiger partial charge in [-0.25, -0.2) is 13.6 Å². The van der Waals surface area contributed by atoms with Gasteiger partial charge in [-0.3, -0.25) is 4.79 Å². The lowest BCUT2D eigenvalue weighted by Crippen LogP contribution is -2.24. The molecular formula is C24H21ClN2O4S. The van der Waals surface area contributed by atoms with Crippen LogP contribution in [0.1, 0.15) is 23.5 Å². The molecule has 32 heavy (non-hydrogen) atoms. The number of carbonyl (C=O) groups excluding carboxylic acids is 1. The molecule has 164 valence electrons. The molecule has 1 saturated heterocycles. The fourth-order valence-corrected chi connectivity index (χ4v) is 4.39. The normalized spacial score (nSPS) is 16.2. The zero-order valence-electron chi connectivity index (χ0n) is 17.1. The van der Waals surface area contributed by atoms with Gasteiger partial charge in [-0.05, 0) is 54.1 Å². The number of rotatable bonds is 6. The fraction of sp³-hybridized carbons (Fsp3) is 0.125. The second kappa shape index (κ2) is 8.78. The average molecular weight is 469 g/mol. The Kier molecular flexibility index (Phi) is 6.06. The highest BCUT2D eigenvalue weighted by Gasteiger charge is 2.33. The van der Waals surface area contributed by atoms with Crippen LogP contribution in [0.5, 0.6) is 11.5 Å². The number of anilines is 1. The molecule has 0 aliphatic carbocycles. The predicted octanol–water partition coefficient (Wildman–Crippen LogP) is 4.94. The van der Waals surface area contributed by atoms with Crippen LogP contribution in [-0.4, -0.2) is 20.9 Å². The molecule has 1 amide bonds. The Morgan fingerprint density at radius 1 is 1.06 bits per heavy atom. The van der Waals surface area contributed by atoms with E-state index >= 15 is 0 Å². The molecule has 1 fully saturated rings. The van der Waals surface area contributed by atoms with E-state index in [-0.39, 0.29) is 16.7 Å². The van der Waals surface area contributed by atoms with Gasteiger partial charge < -0.3 is 9.64 Å². The SMILES string of the molecule is C=Cc1ccc(Oc2cc(Cl)ccc2[C@H]2CC(=O)N(c3ccc(S(N)(=O)=O)cc3)C2)cc1. The second-order valence-electron chi connectivity index (χ2n) is 7.50. The second-order valence-corrected chi connectivity index (χ2v) is 9.50. The number of nitrogens with two attached hydrogens (primary N) is 1. The van der Waals surface area contributed by atoms with Crippen molar-refractivity contribution >= 4 is 39.3 Å². The molecule has 0 radical (unpaired) electrons. The third-order valence-corrected chi connectivity index (χ3v) is 6.53. The third kappa shape index (κ3) is 4.70. The molecule has 0 bridgehead atoms. The first-order chi connectivity index (χ1) is 15.2. The number of carbonyl (C=O) groups is 1. The molecule has 1 aliphatic rings. The molecule has 2 N–H and O–H groups in total. The molecule has 0 aromatic heterocycles. The standard InChI is InChI=1S/C24H21ClN2O4S/c1-2-16-3-8-20(9-4-16)31-23-14-18(25)5-12-22(23)17-13-24(28)27(15-17)19-6-10-21(11-7-19)32(26,29)30/h2-12,14,17H,1,13,15H2,(H2,26,29,30)/t17-/m0/s1. The van der Waals surface area contributed by atoms with Crippen molar-refractivity contribution in [2.45, 2.75) is 17.2 Å². The Balaban J connectivity index is 1.59. The summed E-state index contributed by atoms with van der Waals surface area (Å²) in [5.74, 6) is 1.07. The van der Waals surface area contributed by atoms with Crippen molar-refractivity contribution in [3.63, 3.8) is 0 Å². The number of benzene rings is 3. The van der Waals surface area contributed by atoms with Crippen LogP contribution in [0.25, 0.3) is 6.08 Å². The molecule has 0 spiro atoms. The highest BCUT2D eigenvalue weighted by Crippen LogP contribution is 2.39. The summed E-state index contributed by atoms with van der Waals surface area (Å²) in [5.41, 5.74) is 2.47. The molecule has 8 heteroatoms. The number of ether oxygens (including phenoxy) is 1. The molecule has 0 saturated carbocycles. The van der Waals surface area contributed by atoms with Gasteiger partial charge in [-0.2, -0.15) is 0 Å². The van der Waals surface area contributed by atoms with Crippen LogP contribution in [0.15, 0.2) is 78.2 Å². The number of hydrogen-bond acceptors (Lipinski definition) is 4. The van der Waals surface area contributed by atoms with Crippen molar-refractivity contribution in [1.29, 1.82) is 0 Å². The van der Waals surface area contributed by atoms with Gasteiger partial charge in [-0.1, -0.05) is 42.5 Å². The van der Waals surface area contributed by atoms with Gasteiger partial charge in [-0.15, -0.1) is 0 Å². The maximum atomic E-state index is 12.8. The summed E-state index contributed by atoms with van der Waals surface area (Å²) in [5, 5.41) is 5.69. The summed E-state index contributed by atoms with van der Waals surface area (Å²) >= 11 is 6.21. The number of nitrogens with zero attached hydrogens (tertiary/aromatic N) is 1. The number of halogens is 1. The predicted molar refractivity (Wildman–Crippen MR) is 126 cm³/mol. The molecule has 6 nitrogen and oxygen atoms in total. The molecular weight excluding hydrogens is 448 g/mol. The lowest BCUT2D eigenvalue weighted by atomic mass is 9.97. The lowest BCUT2D eigenvalue weighted by molar-refractivity contribution is -0.117. The molecule has 4 rings (SSSR count). The van der Waals surface area contributed by atoms with Crippen LogP contribution in [-0.2, 0) is 14.8 Å². The van der Waals surface area contributed by atoms with Crippen molar-refractivity contribution in [2.75, 3.05) is 11.4 Å². The Morgan fingerprint density at radius 3 is 2.38 bits per heavy atom. The zero-order valence-corrected chi connectivity index (χ0v) is 18.6. The van der Waals surface area contributed by atoms with E-state index in [1.807, 2.05) is 30.3 Å². The number of amides is 1. The summed E-state index contributed by atoms with van der Waals surface area (Å²) in [6.45, 7) is 4.18. The maximum Gasteiger partial charge on any atom is 0.238 e. The monoisotopic (exact) mass is 468 g/mol. The van der Waals surface area contributed by atoms with Crippen LogP contribution in [0.3, 0.4) is 0 Å². The Morgan fingerprint density at radius 2 is 1.75 bits per heavy atom. The molecule has 3 aromatic rings. The van der Waals surface area contributed by atoms with Gasteiger partial charge >= 0.3 is 0 Å². The van der Waals surface area contributed by atoms with Gasteiger partial charge in [0, 0.05) is 35.2 Å². The van der Waals surface area contributed by atoms with E-state index in [2.05, 4.69) is 6.58 Å². The summed E-state index contributed by atoms with van der Waals surface area (Å²) in [6, 6.07) is 18.9.